The Morgan fingerprint density at radius 3 is 2.22 bits per heavy atom. The first-order chi connectivity index (χ1) is 10.8. The van der Waals surface area contributed by atoms with Crippen LogP contribution in [0.1, 0.15) is 39.0 Å². The maximum Gasteiger partial charge on any atom is 0.338 e. The minimum absolute atomic E-state index is 0.761. The second-order valence-corrected chi connectivity index (χ2v) is 5.01. The van der Waals surface area contributed by atoms with Gasteiger partial charge in [0, 0.05) is 6.20 Å². The molecule has 4 atom stereocenters. The van der Waals surface area contributed by atoms with E-state index in [-0.39, 0.29) is 0 Å². The highest BCUT2D eigenvalue weighted by molar-refractivity contribution is 5.75. The molecule has 9 nitrogen and oxygen atoms in total. The van der Waals surface area contributed by atoms with E-state index in [1.807, 2.05) is 0 Å². The summed E-state index contributed by atoms with van der Waals surface area (Å²) in [6.07, 6.45) is -0.513. The van der Waals surface area contributed by atoms with E-state index in [2.05, 4.69) is 12.4 Å². The lowest BCUT2D eigenvalue weighted by Gasteiger charge is -2.24. The molecule has 0 spiro atoms. The highest BCUT2D eigenvalue weighted by atomic mass is 16.7. The van der Waals surface area contributed by atoms with Crippen molar-refractivity contribution >= 4 is 11.9 Å². The van der Waals surface area contributed by atoms with E-state index in [1.54, 1.807) is 6.08 Å². The minimum atomic E-state index is -2.33. The average molecular weight is 335 g/mol. The van der Waals surface area contributed by atoms with Crippen LogP contribution in [0.4, 0.5) is 0 Å². The summed E-state index contributed by atoms with van der Waals surface area (Å²) >= 11 is 0. The Morgan fingerprint density at radius 1 is 1.04 bits per heavy atom. The molecule has 9 heteroatoms. The first-order valence-electron chi connectivity index (χ1n) is 7.38. The zero-order valence-electron chi connectivity index (χ0n) is 13.0. The van der Waals surface area contributed by atoms with Gasteiger partial charge in [0.25, 0.3) is 0 Å². The first-order valence-corrected chi connectivity index (χ1v) is 7.38. The molecule has 0 bridgehead atoms. The van der Waals surface area contributed by atoms with Gasteiger partial charge in [-0.15, -0.1) is 0 Å². The number of carbonyl (C=O) groups is 2. The third-order valence-corrected chi connectivity index (χ3v) is 3.09. The van der Waals surface area contributed by atoms with Gasteiger partial charge in [-0.2, -0.15) is 0 Å². The van der Waals surface area contributed by atoms with Crippen molar-refractivity contribution in [2.45, 2.75) is 63.4 Å². The maximum atomic E-state index is 11.0. The van der Waals surface area contributed by atoms with Gasteiger partial charge >= 0.3 is 11.9 Å². The van der Waals surface area contributed by atoms with Crippen molar-refractivity contribution in [3.8, 4) is 0 Å². The number of aliphatic carboxylic acids is 2. The molecule has 0 fully saturated rings. The molecule has 0 aromatic carbocycles. The second kappa shape index (κ2) is 11.8. The van der Waals surface area contributed by atoms with Crippen molar-refractivity contribution in [3.63, 3.8) is 0 Å². The Balaban J connectivity index is 4.33. The van der Waals surface area contributed by atoms with Crippen LogP contribution < -0.4 is 5.48 Å². The summed E-state index contributed by atoms with van der Waals surface area (Å²) in [4.78, 5) is 26.2. The normalized spacial score (nSPS) is 16.7. The quantitative estimate of drug-likeness (QED) is 0.195. The van der Waals surface area contributed by atoms with E-state index in [4.69, 9.17) is 20.2 Å². The predicted octanol–water partition coefficient (Wildman–Crippen LogP) is -0.388. The molecule has 0 aromatic rings. The van der Waals surface area contributed by atoms with Crippen LogP contribution in [0, 0.1) is 0 Å². The van der Waals surface area contributed by atoms with Crippen LogP contribution in [-0.4, -0.2) is 61.9 Å². The molecule has 0 aliphatic rings. The van der Waals surface area contributed by atoms with E-state index in [1.165, 1.54) is 6.20 Å². The fraction of sp³-hybridized carbons (Fsp3) is 0.714. The van der Waals surface area contributed by atoms with Crippen LogP contribution in [0.2, 0.25) is 0 Å². The van der Waals surface area contributed by atoms with Crippen LogP contribution in [0.15, 0.2) is 12.3 Å². The molecule has 0 saturated carbocycles. The number of aliphatic hydroxyl groups is 3. The largest absolute Gasteiger partial charge is 0.479 e. The number of allylic oxidation sites excluding steroid dienone is 1. The number of unbranched alkanes of at least 4 members (excludes halogenated alkanes) is 4. The van der Waals surface area contributed by atoms with Gasteiger partial charge < -0.3 is 25.5 Å². The zero-order chi connectivity index (χ0) is 17.8. The molecule has 0 aliphatic carbocycles. The van der Waals surface area contributed by atoms with E-state index >= 15 is 0 Å². The monoisotopic (exact) mass is 335 g/mol. The summed E-state index contributed by atoms with van der Waals surface area (Å²) in [7, 11) is 0. The summed E-state index contributed by atoms with van der Waals surface area (Å²) in [6, 6.07) is 0. The Labute approximate surface area is 134 Å². The highest BCUT2D eigenvalue weighted by Crippen LogP contribution is 2.09. The summed E-state index contributed by atoms with van der Waals surface area (Å²) in [5.74, 6) is -3.42. The van der Waals surface area contributed by atoms with Crippen LogP contribution in [0.25, 0.3) is 0 Å². The third-order valence-electron chi connectivity index (χ3n) is 3.09. The predicted molar refractivity (Wildman–Crippen MR) is 79.2 cm³/mol. The number of nitrogens with one attached hydrogen (secondary N) is 1. The van der Waals surface area contributed by atoms with E-state index in [9.17, 15) is 19.8 Å². The summed E-state index contributed by atoms with van der Waals surface area (Å²) in [6.45, 7) is 2.10. The standard InChI is InChI=1S/C14H25NO8/c1-2-3-4-5-6-7-8-15-23-12(14(21)22)10(17)9(16)11(18)13(19)20/h7-12,15-18H,2-6H2,1H3,(H,19,20)(H,21,22)/b8-7+/t9-,10-,11-,12+/m0/s1. The molecular weight excluding hydrogens is 310 g/mol. The lowest BCUT2D eigenvalue weighted by atomic mass is 10.0. The fourth-order valence-corrected chi connectivity index (χ4v) is 1.71. The molecule has 0 aromatic heterocycles. The number of aliphatic hydroxyl groups excluding tert-OH is 3. The van der Waals surface area contributed by atoms with Crippen LogP contribution in [0.3, 0.4) is 0 Å². The molecular formula is C14H25NO8. The lowest BCUT2D eigenvalue weighted by molar-refractivity contribution is -0.184. The number of hydrogen-bond donors (Lipinski definition) is 6. The highest BCUT2D eigenvalue weighted by Gasteiger charge is 2.39. The van der Waals surface area contributed by atoms with Gasteiger partial charge in [-0.05, 0) is 12.8 Å². The van der Waals surface area contributed by atoms with Gasteiger partial charge in [0.2, 0.25) is 6.10 Å². The van der Waals surface area contributed by atoms with Gasteiger partial charge in [-0.25, -0.2) is 9.59 Å². The molecule has 0 rings (SSSR count). The topological polar surface area (TPSA) is 157 Å². The third kappa shape index (κ3) is 8.50. The average Bonchev–Trinajstić information content (AvgIpc) is 2.50. The van der Waals surface area contributed by atoms with Gasteiger partial charge in [-0.1, -0.05) is 32.3 Å². The number of rotatable bonds is 13. The molecule has 0 saturated heterocycles. The Kier molecular flexibility index (Phi) is 11.0. The molecule has 0 heterocycles. The maximum absolute atomic E-state index is 11.0. The molecule has 0 unspecified atom stereocenters. The van der Waals surface area contributed by atoms with Gasteiger partial charge in [0.15, 0.2) is 6.10 Å². The van der Waals surface area contributed by atoms with E-state index in [0.717, 1.165) is 32.1 Å². The zero-order valence-corrected chi connectivity index (χ0v) is 13.0. The van der Waals surface area contributed by atoms with Crippen molar-refractivity contribution in [3.05, 3.63) is 12.3 Å². The Morgan fingerprint density at radius 2 is 1.70 bits per heavy atom. The van der Waals surface area contributed by atoms with Crippen molar-refractivity contribution in [2.24, 2.45) is 0 Å². The van der Waals surface area contributed by atoms with Gasteiger partial charge in [-0.3, -0.25) is 10.3 Å². The first kappa shape index (κ1) is 21.3. The second-order valence-electron chi connectivity index (χ2n) is 5.01. The summed E-state index contributed by atoms with van der Waals surface area (Å²) < 4.78 is 0. The van der Waals surface area contributed by atoms with Crippen LogP contribution in [0.5, 0.6) is 0 Å². The van der Waals surface area contributed by atoms with Crippen LogP contribution in [-0.2, 0) is 14.4 Å². The molecule has 0 amide bonds. The number of hydrogen-bond acceptors (Lipinski definition) is 7. The molecule has 0 radical (unpaired) electrons. The van der Waals surface area contributed by atoms with Crippen molar-refractivity contribution in [1.29, 1.82) is 0 Å². The Bertz CT molecular complexity index is 387. The summed E-state index contributed by atoms with van der Waals surface area (Å²) in [5, 5.41) is 45.6. The molecule has 23 heavy (non-hydrogen) atoms. The van der Waals surface area contributed by atoms with Crippen LogP contribution >= 0.6 is 0 Å². The van der Waals surface area contributed by atoms with E-state index in [0.29, 0.717) is 0 Å². The van der Waals surface area contributed by atoms with Gasteiger partial charge in [0.05, 0.1) is 0 Å². The van der Waals surface area contributed by atoms with Crippen molar-refractivity contribution in [1.82, 2.24) is 5.48 Å². The molecule has 6 N–H and O–H groups in total. The number of carboxylic acids is 2. The smallest absolute Gasteiger partial charge is 0.338 e. The number of hydroxylamine groups is 1. The van der Waals surface area contributed by atoms with Crippen molar-refractivity contribution < 1.29 is 40.0 Å². The van der Waals surface area contributed by atoms with Crippen molar-refractivity contribution in [2.75, 3.05) is 0 Å². The molecule has 0 aliphatic heterocycles. The van der Waals surface area contributed by atoms with E-state index < -0.39 is 36.4 Å². The lowest BCUT2D eigenvalue weighted by Crippen LogP contribution is -2.52. The fourth-order valence-electron chi connectivity index (χ4n) is 1.71. The van der Waals surface area contributed by atoms with Gasteiger partial charge in [0.1, 0.15) is 12.2 Å². The minimum Gasteiger partial charge on any atom is -0.479 e. The Hall–Kier alpha value is -1.68. The SMILES string of the molecule is CCCCCC/C=C/NO[C@@H](C(=O)O)[C@@H](O)[C@H](O)[C@H](O)C(=O)O. The summed E-state index contributed by atoms with van der Waals surface area (Å²) in [5.41, 5.74) is 2.20. The molecule has 134 valence electrons. The number of carboxylic acid groups (broad SMARTS) is 2.